The number of aromatic nitrogens is 2. The second-order valence-electron chi connectivity index (χ2n) is 5.22. The molecule has 1 amide bonds. The molecule has 0 atom stereocenters. The van der Waals surface area contributed by atoms with Crippen LogP contribution in [0.1, 0.15) is 20.8 Å². The molecule has 4 heteroatoms. The lowest BCUT2D eigenvalue weighted by Crippen LogP contribution is -2.27. The van der Waals surface area contributed by atoms with Crippen LogP contribution in [-0.4, -0.2) is 15.9 Å². The van der Waals surface area contributed by atoms with Gasteiger partial charge < -0.3 is 10.3 Å². The average Bonchev–Trinajstić information content (AvgIpc) is 2.81. The highest BCUT2D eigenvalue weighted by atomic mass is 16.2. The highest BCUT2D eigenvalue weighted by molar-refractivity contribution is 5.94. The fraction of sp³-hybridized carbons (Fsp3) is 0.286. The Morgan fingerprint density at radius 1 is 1.33 bits per heavy atom. The number of amides is 1. The minimum atomic E-state index is -0.402. The summed E-state index contributed by atoms with van der Waals surface area (Å²) in [5.41, 5.74) is 1.33. The first-order chi connectivity index (χ1) is 8.47. The number of nitrogens with one attached hydrogen (secondary N) is 2. The highest BCUT2D eigenvalue weighted by Crippen LogP contribution is 2.21. The molecule has 0 spiro atoms. The lowest BCUT2D eigenvalue weighted by Gasteiger charge is -2.17. The van der Waals surface area contributed by atoms with Crippen LogP contribution in [0.5, 0.6) is 0 Å². The topological polar surface area (TPSA) is 57.8 Å². The minimum absolute atomic E-state index is 0.000838. The first-order valence-corrected chi connectivity index (χ1v) is 5.88. The van der Waals surface area contributed by atoms with Gasteiger partial charge in [-0.05, 0) is 12.1 Å². The third kappa shape index (κ3) is 2.77. The number of hydrogen-bond acceptors (Lipinski definition) is 2. The van der Waals surface area contributed by atoms with E-state index in [9.17, 15) is 4.79 Å². The number of H-pyrrole nitrogens is 1. The Labute approximate surface area is 106 Å². The number of hydrogen-bond donors (Lipinski definition) is 2. The van der Waals surface area contributed by atoms with E-state index in [0.29, 0.717) is 0 Å². The van der Waals surface area contributed by atoms with Crippen molar-refractivity contribution in [3.8, 4) is 11.4 Å². The van der Waals surface area contributed by atoms with Crippen LogP contribution in [0.3, 0.4) is 0 Å². The second-order valence-corrected chi connectivity index (χ2v) is 5.22. The van der Waals surface area contributed by atoms with Crippen molar-refractivity contribution in [3.63, 3.8) is 0 Å². The Bertz CT molecular complexity index is 538. The van der Waals surface area contributed by atoms with Crippen LogP contribution in [0.2, 0.25) is 0 Å². The largest absolute Gasteiger partial charge is 0.345 e. The molecule has 1 heterocycles. The number of anilines is 1. The first-order valence-electron chi connectivity index (χ1n) is 5.88. The van der Waals surface area contributed by atoms with E-state index in [1.54, 1.807) is 12.4 Å². The van der Waals surface area contributed by atoms with E-state index in [1.165, 1.54) is 0 Å². The van der Waals surface area contributed by atoms with Gasteiger partial charge in [-0.1, -0.05) is 32.9 Å². The summed E-state index contributed by atoms with van der Waals surface area (Å²) >= 11 is 0. The van der Waals surface area contributed by atoms with Gasteiger partial charge in [-0.2, -0.15) is 0 Å². The minimum Gasteiger partial charge on any atom is -0.345 e. The zero-order valence-corrected chi connectivity index (χ0v) is 10.8. The summed E-state index contributed by atoms with van der Waals surface area (Å²) < 4.78 is 0. The van der Waals surface area contributed by atoms with E-state index in [0.717, 1.165) is 17.1 Å². The summed E-state index contributed by atoms with van der Waals surface area (Å²) in [4.78, 5) is 19.1. The van der Waals surface area contributed by atoms with Gasteiger partial charge in [0.15, 0.2) is 0 Å². The molecule has 2 N–H and O–H groups in total. The summed E-state index contributed by atoms with van der Waals surface area (Å²) in [7, 11) is 0. The number of benzene rings is 1. The zero-order chi connectivity index (χ0) is 13.2. The molecule has 1 aromatic carbocycles. The Morgan fingerprint density at radius 2 is 2.11 bits per heavy atom. The monoisotopic (exact) mass is 243 g/mol. The number of aromatic amines is 1. The molecule has 4 nitrogen and oxygen atoms in total. The van der Waals surface area contributed by atoms with Crippen LogP contribution < -0.4 is 5.32 Å². The lowest BCUT2D eigenvalue weighted by atomic mass is 9.95. The fourth-order valence-corrected chi connectivity index (χ4v) is 1.49. The van der Waals surface area contributed by atoms with Crippen molar-refractivity contribution in [3.05, 3.63) is 36.7 Å². The van der Waals surface area contributed by atoms with Crippen LogP contribution in [0.15, 0.2) is 36.7 Å². The molecule has 94 valence electrons. The van der Waals surface area contributed by atoms with Gasteiger partial charge in [-0.3, -0.25) is 4.79 Å². The molecule has 2 aromatic rings. The van der Waals surface area contributed by atoms with Gasteiger partial charge in [0.2, 0.25) is 5.91 Å². The van der Waals surface area contributed by atoms with E-state index in [2.05, 4.69) is 15.3 Å². The average molecular weight is 243 g/mol. The van der Waals surface area contributed by atoms with E-state index in [1.807, 2.05) is 45.0 Å². The Morgan fingerprint density at radius 3 is 2.72 bits per heavy atom. The molecule has 0 aliphatic heterocycles. The van der Waals surface area contributed by atoms with Crippen LogP contribution >= 0.6 is 0 Å². The number of carbonyl (C=O) groups is 1. The maximum absolute atomic E-state index is 11.9. The maximum Gasteiger partial charge on any atom is 0.229 e. The van der Waals surface area contributed by atoms with E-state index in [-0.39, 0.29) is 5.91 Å². The van der Waals surface area contributed by atoms with Gasteiger partial charge in [0.1, 0.15) is 5.82 Å². The van der Waals surface area contributed by atoms with Crippen molar-refractivity contribution in [1.29, 1.82) is 0 Å². The normalized spacial score (nSPS) is 11.3. The molecule has 0 saturated heterocycles. The van der Waals surface area contributed by atoms with Crippen LogP contribution in [-0.2, 0) is 4.79 Å². The number of carbonyl (C=O) groups excluding carboxylic acids is 1. The Balaban J connectivity index is 2.21. The fourth-order valence-electron chi connectivity index (χ4n) is 1.49. The quantitative estimate of drug-likeness (QED) is 0.851. The lowest BCUT2D eigenvalue weighted by molar-refractivity contribution is -0.123. The van der Waals surface area contributed by atoms with Gasteiger partial charge in [0, 0.05) is 29.1 Å². The summed E-state index contributed by atoms with van der Waals surface area (Å²) in [6.07, 6.45) is 3.48. The third-order valence-corrected chi connectivity index (χ3v) is 2.57. The Kier molecular flexibility index (Phi) is 3.19. The standard InChI is InChI=1S/C14H17N3O/c1-14(2,3)13(18)17-11-6-4-5-10(9-11)12-15-7-8-16-12/h4-9H,1-3H3,(H,15,16)(H,17,18). The van der Waals surface area contributed by atoms with Crippen LogP contribution in [0.25, 0.3) is 11.4 Å². The van der Waals surface area contributed by atoms with Crippen molar-refractivity contribution >= 4 is 11.6 Å². The van der Waals surface area contributed by atoms with Gasteiger partial charge >= 0.3 is 0 Å². The first kappa shape index (κ1) is 12.4. The molecule has 1 aromatic heterocycles. The highest BCUT2D eigenvalue weighted by Gasteiger charge is 2.21. The van der Waals surface area contributed by atoms with Crippen molar-refractivity contribution in [2.24, 2.45) is 5.41 Å². The second kappa shape index (κ2) is 4.64. The number of nitrogens with zero attached hydrogens (tertiary/aromatic N) is 1. The smallest absolute Gasteiger partial charge is 0.229 e. The summed E-state index contributed by atoms with van der Waals surface area (Å²) in [6, 6.07) is 7.63. The number of rotatable bonds is 2. The molecule has 0 aliphatic rings. The van der Waals surface area contributed by atoms with Crippen molar-refractivity contribution in [1.82, 2.24) is 9.97 Å². The van der Waals surface area contributed by atoms with Crippen LogP contribution in [0.4, 0.5) is 5.69 Å². The van der Waals surface area contributed by atoms with Gasteiger partial charge in [0.25, 0.3) is 0 Å². The molecule has 0 unspecified atom stereocenters. The molecule has 18 heavy (non-hydrogen) atoms. The Hall–Kier alpha value is -2.10. The van der Waals surface area contributed by atoms with Gasteiger partial charge in [-0.15, -0.1) is 0 Å². The molecule has 0 saturated carbocycles. The van der Waals surface area contributed by atoms with Gasteiger partial charge in [0.05, 0.1) is 0 Å². The molecule has 0 radical (unpaired) electrons. The molecule has 0 bridgehead atoms. The number of imidazole rings is 1. The predicted octanol–water partition coefficient (Wildman–Crippen LogP) is 3.06. The maximum atomic E-state index is 11.9. The zero-order valence-electron chi connectivity index (χ0n) is 10.8. The third-order valence-electron chi connectivity index (χ3n) is 2.57. The summed E-state index contributed by atoms with van der Waals surface area (Å²) in [5, 5.41) is 2.90. The molecule has 0 fully saturated rings. The van der Waals surface area contributed by atoms with E-state index >= 15 is 0 Å². The van der Waals surface area contributed by atoms with Gasteiger partial charge in [-0.25, -0.2) is 4.98 Å². The molecule has 0 aliphatic carbocycles. The van der Waals surface area contributed by atoms with Crippen molar-refractivity contribution < 1.29 is 4.79 Å². The predicted molar refractivity (Wildman–Crippen MR) is 72.1 cm³/mol. The summed E-state index contributed by atoms with van der Waals surface area (Å²) in [6.45, 7) is 5.66. The molecular formula is C14H17N3O. The molecular weight excluding hydrogens is 226 g/mol. The van der Waals surface area contributed by atoms with Crippen LogP contribution in [0, 0.1) is 5.41 Å². The SMILES string of the molecule is CC(C)(C)C(=O)Nc1cccc(-c2ncc[nH]2)c1. The van der Waals surface area contributed by atoms with Crippen molar-refractivity contribution in [2.75, 3.05) is 5.32 Å². The van der Waals surface area contributed by atoms with E-state index in [4.69, 9.17) is 0 Å². The van der Waals surface area contributed by atoms with E-state index < -0.39 is 5.41 Å². The van der Waals surface area contributed by atoms with Crippen molar-refractivity contribution in [2.45, 2.75) is 20.8 Å². The molecule has 2 rings (SSSR count). The summed E-state index contributed by atoms with van der Waals surface area (Å²) in [5.74, 6) is 0.793.